The predicted molar refractivity (Wildman–Crippen MR) is 102 cm³/mol. The molecule has 1 aromatic carbocycles. The van der Waals surface area contributed by atoms with Crippen molar-refractivity contribution in [2.24, 2.45) is 0 Å². The predicted octanol–water partition coefficient (Wildman–Crippen LogP) is 1.87. The number of rotatable bonds is 4. The van der Waals surface area contributed by atoms with Crippen molar-refractivity contribution in [3.05, 3.63) is 65.5 Å². The van der Waals surface area contributed by atoms with Crippen LogP contribution in [-0.2, 0) is 22.9 Å². The summed E-state index contributed by atoms with van der Waals surface area (Å²) >= 11 is 0. The van der Waals surface area contributed by atoms with Crippen molar-refractivity contribution in [3.8, 4) is 0 Å². The Labute approximate surface area is 155 Å². The summed E-state index contributed by atoms with van der Waals surface area (Å²) in [5.41, 5.74) is 3.50. The number of sulfone groups is 1. The molecule has 0 spiro atoms. The molecule has 2 aromatic rings. The summed E-state index contributed by atoms with van der Waals surface area (Å²) in [6, 6.07) is 14.6. The summed E-state index contributed by atoms with van der Waals surface area (Å²) in [5.74, 6) is 0.525. The zero-order valence-electron chi connectivity index (χ0n) is 15.1. The lowest BCUT2D eigenvalue weighted by Crippen LogP contribution is -2.58. The van der Waals surface area contributed by atoms with E-state index in [4.69, 9.17) is 0 Å². The van der Waals surface area contributed by atoms with E-state index in [1.165, 1.54) is 11.1 Å². The van der Waals surface area contributed by atoms with Crippen molar-refractivity contribution in [1.82, 2.24) is 14.8 Å². The molecule has 0 radical (unpaired) electrons. The van der Waals surface area contributed by atoms with Gasteiger partial charge in [-0.25, -0.2) is 8.42 Å². The van der Waals surface area contributed by atoms with Crippen LogP contribution >= 0.6 is 0 Å². The molecule has 5 nitrogen and oxygen atoms in total. The van der Waals surface area contributed by atoms with E-state index < -0.39 is 9.84 Å². The normalized spacial score (nSPS) is 25.9. The molecule has 26 heavy (non-hydrogen) atoms. The maximum Gasteiger partial charge on any atom is 0.153 e. The number of nitrogens with zero attached hydrogens (tertiary/aromatic N) is 3. The Bertz CT molecular complexity index is 852. The third-order valence-corrected chi connectivity index (χ3v) is 7.20. The molecular weight excluding hydrogens is 346 g/mol. The quantitative estimate of drug-likeness (QED) is 0.821. The van der Waals surface area contributed by atoms with E-state index in [0.717, 1.165) is 31.9 Å². The fraction of sp³-hybridized carbons (Fsp3) is 0.450. The van der Waals surface area contributed by atoms with E-state index in [9.17, 15) is 8.42 Å². The van der Waals surface area contributed by atoms with Gasteiger partial charge in [0.25, 0.3) is 0 Å². The van der Waals surface area contributed by atoms with Gasteiger partial charge in [0.05, 0.1) is 17.2 Å². The first-order valence-electron chi connectivity index (χ1n) is 9.14. The average Bonchev–Trinajstić information content (AvgIpc) is 2.96. The van der Waals surface area contributed by atoms with Crippen LogP contribution in [0.4, 0.5) is 0 Å². The fourth-order valence-electron chi connectivity index (χ4n) is 4.12. The Morgan fingerprint density at radius 3 is 2.23 bits per heavy atom. The first kappa shape index (κ1) is 17.6. The molecule has 0 unspecified atom stereocenters. The highest BCUT2D eigenvalue weighted by atomic mass is 32.2. The van der Waals surface area contributed by atoms with Gasteiger partial charge < -0.3 is 0 Å². The summed E-state index contributed by atoms with van der Waals surface area (Å²) in [5, 5.41) is 0. The number of fused-ring (bicyclic) bond motifs is 1. The number of hydrogen-bond acceptors (Lipinski definition) is 5. The smallest absolute Gasteiger partial charge is 0.153 e. The molecule has 138 valence electrons. The minimum Gasteiger partial charge on any atom is -0.292 e. The molecule has 0 saturated carbocycles. The Balaban J connectivity index is 1.52. The first-order chi connectivity index (χ1) is 12.5. The molecule has 0 bridgehead atoms. The Morgan fingerprint density at radius 2 is 1.62 bits per heavy atom. The van der Waals surface area contributed by atoms with Crippen LogP contribution in [0.2, 0.25) is 0 Å². The summed E-state index contributed by atoms with van der Waals surface area (Å²) in [4.78, 5) is 9.08. The van der Waals surface area contributed by atoms with Crippen molar-refractivity contribution in [3.63, 3.8) is 0 Å². The van der Waals surface area contributed by atoms with Crippen LogP contribution in [0, 0.1) is 6.92 Å². The molecule has 2 aliphatic rings. The van der Waals surface area contributed by atoms with Gasteiger partial charge in [-0.2, -0.15) is 0 Å². The number of pyridine rings is 1. The highest BCUT2D eigenvalue weighted by molar-refractivity contribution is 7.91. The molecule has 2 fully saturated rings. The Morgan fingerprint density at radius 1 is 0.962 bits per heavy atom. The van der Waals surface area contributed by atoms with Crippen LogP contribution in [0.1, 0.15) is 16.8 Å². The summed E-state index contributed by atoms with van der Waals surface area (Å²) < 4.78 is 24.7. The SMILES string of the molecule is Cc1ccc(CN2CCN(Cc3ccccn3)[C@@H]3CS(=O)(=O)C[C@@H]32)cc1. The van der Waals surface area contributed by atoms with Crippen molar-refractivity contribution in [2.75, 3.05) is 24.6 Å². The van der Waals surface area contributed by atoms with Crippen molar-refractivity contribution in [1.29, 1.82) is 0 Å². The molecule has 4 rings (SSSR count). The maximum absolute atomic E-state index is 12.4. The Kier molecular flexibility index (Phi) is 4.82. The lowest BCUT2D eigenvalue weighted by atomic mass is 10.0. The molecule has 3 heterocycles. The molecule has 2 atom stereocenters. The second-order valence-electron chi connectivity index (χ2n) is 7.46. The average molecular weight is 372 g/mol. The van der Waals surface area contributed by atoms with E-state index in [2.05, 4.69) is 46.0 Å². The molecule has 2 aliphatic heterocycles. The van der Waals surface area contributed by atoms with Crippen LogP contribution in [0.5, 0.6) is 0 Å². The van der Waals surface area contributed by atoms with Gasteiger partial charge in [0.2, 0.25) is 0 Å². The molecule has 0 aliphatic carbocycles. The fourth-order valence-corrected chi connectivity index (χ4v) is 6.16. The number of piperazine rings is 1. The van der Waals surface area contributed by atoms with Gasteiger partial charge in [0, 0.05) is 44.5 Å². The van der Waals surface area contributed by atoms with Gasteiger partial charge in [0.15, 0.2) is 9.84 Å². The van der Waals surface area contributed by atoms with E-state index in [-0.39, 0.29) is 23.6 Å². The molecule has 0 N–H and O–H groups in total. The highest BCUT2D eigenvalue weighted by Crippen LogP contribution is 2.29. The standard InChI is InChI=1S/C20H25N3O2S/c1-16-5-7-17(8-6-16)12-22-10-11-23(13-18-4-2-3-9-21-18)20-15-26(24,25)14-19(20)22/h2-9,19-20H,10-15H2,1H3/t19-,20+/m0/s1. The van der Waals surface area contributed by atoms with Gasteiger partial charge in [0.1, 0.15) is 0 Å². The van der Waals surface area contributed by atoms with Crippen molar-refractivity contribution < 1.29 is 8.42 Å². The van der Waals surface area contributed by atoms with E-state index in [1.807, 2.05) is 18.2 Å². The molecule has 6 heteroatoms. The van der Waals surface area contributed by atoms with Gasteiger partial charge in [-0.15, -0.1) is 0 Å². The summed E-state index contributed by atoms with van der Waals surface area (Å²) in [6.45, 7) is 5.38. The molecule has 2 saturated heterocycles. The lowest BCUT2D eigenvalue weighted by Gasteiger charge is -2.43. The number of hydrogen-bond donors (Lipinski definition) is 0. The zero-order chi connectivity index (χ0) is 18.1. The van der Waals surface area contributed by atoms with Crippen molar-refractivity contribution >= 4 is 9.84 Å². The number of benzene rings is 1. The van der Waals surface area contributed by atoms with Crippen LogP contribution < -0.4 is 0 Å². The molecular formula is C20H25N3O2S. The zero-order valence-corrected chi connectivity index (χ0v) is 15.9. The third-order valence-electron chi connectivity index (χ3n) is 5.50. The van der Waals surface area contributed by atoms with E-state index in [0.29, 0.717) is 0 Å². The minimum atomic E-state index is -2.99. The third kappa shape index (κ3) is 3.82. The molecule has 1 aromatic heterocycles. The second-order valence-corrected chi connectivity index (χ2v) is 9.61. The van der Waals surface area contributed by atoms with Crippen LogP contribution in [0.3, 0.4) is 0 Å². The van der Waals surface area contributed by atoms with Gasteiger partial charge in [-0.3, -0.25) is 14.8 Å². The lowest BCUT2D eigenvalue weighted by molar-refractivity contribution is 0.0348. The van der Waals surface area contributed by atoms with E-state index >= 15 is 0 Å². The summed E-state index contributed by atoms with van der Waals surface area (Å²) in [6.07, 6.45) is 1.80. The summed E-state index contributed by atoms with van der Waals surface area (Å²) in [7, 11) is -2.99. The highest BCUT2D eigenvalue weighted by Gasteiger charge is 2.46. The van der Waals surface area contributed by atoms with E-state index in [1.54, 1.807) is 6.20 Å². The van der Waals surface area contributed by atoms with Crippen LogP contribution in [0.25, 0.3) is 0 Å². The molecule has 0 amide bonds. The van der Waals surface area contributed by atoms with Crippen molar-refractivity contribution in [2.45, 2.75) is 32.1 Å². The van der Waals surface area contributed by atoms with Gasteiger partial charge in [-0.1, -0.05) is 35.9 Å². The first-order valence-corrected chi connectivity index (χ1v) is 11.0. The largest absolute Gasteiger partial charge is 0.292 e. The van der Waals surface area contributed by atoms with Crippen LogP contribution in [-0.4, -0.2) is 59.9 Å². The van der Waals surface area contributed by atoms with Gasteiger partial charge in [-0.05, 0) is 24.6 Å². The Hall–Kier alpha value is -1.76. The number of aromatic nitrogens is 1. The maximum atomic E-state index is 12.4. The number of aryl methyl sites for hydroxylation is 1. The monoisotopic (exact) mass is 371 g/mol. The minimum absolute atomic E-state index is 0.0567. The van der Waals surface area contributed by atoms with Gasteiger partial charge >= 0.3 is 0 Å². The topological polar surface area (TPSA) is 53.5 Å². The van der Waals surface area contributed by atoms with Crippen LogP contribution in [0.15, 0.2) is 48.7 Å². The second kappa shape index (κ2) is 7.10.